The molecule has 8 heteroatoms. The van der Waals surface area contributed by atoms with Crippen LogP contribution in [0.1, 0.15) is 16.1 Å². The van der Waals surface area contributed by atoms with Gasteiger partial charge in [-0.25, -0.2) is 4.68 Å². The summed E-state index contributed by atoms with van der Waals surface area (Å²) < 4.78 is 8.41. The molecule has 0 bridgehead atoms. The fraction of sp³-hybridized carbons (Fsp3) is 0.0952. The smallest absolute Gasteiger partial charge is 0.295 e. The first-order valence-electron chi connectivity index (χ1n) is 8.84. The van der Waals surface area contributed by atoms with Crippen molar-refractivity contribution in [3.8, 4) is 11.4 Å². The third-order valence-electron chi connectivity index (χ3n) is 4.81. The van der Waals surface area contributed by atoms with Crippen molar-refractivity contribution in [3.05, 3.63) is 81.8 Å². The SMILES string of the molecule is Cc1c(NC(=O)c2cc3cccc(O)c3oc2=N)c(=O)n(-c2ccccc2)n1C. The fourth-order valence-electron chi connectivity index (χ4n) is 3.21. The molecule has 3 N–H and O–H groups in total. The summed E-state index contributed by atoms with van der Waals surface area (Å²) in [4.78, 5) is 25.8. The molecule has 8 nitrogen and oxygen atoms in total. The highest BCUT2D eigenvalue weighted by atomic mass is 16.4. The molecule has 0 atom stereocenters. The predicted molar refractivity (Wildman–Crippen MR) is 107 cm³/mol. The van der Waals surface area contributed by atoms with Crippen molar-refractivity contribution >= 4 is 22.6 Å². The second-order valence-corrected chi connectivity index (χ2v) is 6.58. The minimum Gasteiger partial charge on any atom is -0.504 e. The number of nitrogens with zero attached hydrogens (tertiary/aromatic N) is 2. The summed E-state index contributed by atoms with van der Waals surface area (Å²) in [5.74, 6) is -0.761. The van der Waals surface area contributed by atoms with Gasteiger partial charge in [0.05, 0.1) is 11.4 Å². The summed E-state index contributed by atoms with van der Waals surface area (Å²) in [6.07, 6.45) is 0. The van der Waals surface area contributed by atoms with Gasteiger partial charge in [0.1, 0.15) is 11.3 Å². The molecule has 146 valence electrons. The van der Waals surface area contributed by atoms with E-state index in [1.54, 1.807) is 42.9 Å². The van der Waals surface area contributed by atoms with Crippen LogP contribution in [0.3, 0.4) is 0 Å². The van der Waals surface area contributed by atoms with Crippen LogP contribution < -0.4 is 16.4 Å². The van der Waals surface area contributed by atoms with Gasteiger partial charge in [-0.1, -0.05) is 30.3 Å². The number of hydrogen-bond acceptors (Lipinski definition) is 5. The molecule has 4 rings (SSSR count). The molecule has 0 saturated carbocycles. The lowest BCUT2D eigenvalue weighted by Gasteiger charge is -2.07. The number of carbonyl (C=O) groups is 1. The van der Waals surface area contributed by atoms with Crippen molar-refractivity contribution in [2.75, 3.05) is 5.32 Å². The maximum Gasteiger partial charge on any atom is 0.295 e. The first-order chi connectivity index (χ1) is 13.9. The summed E-state index contributed by atoms with van der Waals surface area (Å²) in [5.41, 5.74) is 0.639. The summed E-state index contributed by atoms with van der Waals surface area (Å²) >= 11 is 0. The maximum absolute atomic E-state index is 12.9. The zero-order valence-corrected chi connectivity index (χ0v) is 15.8. The predicted octanol–water partition coefficient (Wildman–Crippen LogP) is 2.67. The summed E-state index contributed by atoms with van der Waals surface area (Å²) in [7, 11) is 1.73. The fourth-order valence-corrected chi connectivity index (χ4v) is 3.21. The molecule has 1 amide bonds. The monoisotopic (exact) mass is 390 g/mol. The maximum atomic E-state index is 12.9. The van der Waals surface area contributed by atoms with Crippen LogP contribution in [0.4, 0.5) is 5.69 Å². The van der Waals surface area contributed by atoms with Gasteiger partial charge < -0.3 is 14.8 Å². The summed E-state index contributed by atoms with van der Waals surface area (Å²) in [5, 5.41) is 20.9. The van der Waals surface area contributed by atoms with E-state index in [9.17, 15) is 14.7 Å². The molecule has 0 saturated heterocycles. The Morgan fingerprint density at radius 2 is 1.86 bits per heavy atom. The molecule has 2 aromatic carbocycles. The van der Waals surface area contributed by atoms with Gasteiger partial charge in [-0.15, -0.1) is 0 Å². The van der Waals surface area contributed by atoms with Crippen LogP contribution in [0.15, 0.2) is 63.8 Å². The first kappa shape index (κ1) is 18.3. The average Bonchev–Trinajstić information content (AvgIpc) is 2.92. The molecule has 0 radical (unpaired) electrons. The van der Waals surface area contributed by atoms with Gasteiger partial charge in [-0.3, -0.25) is 19.7 Å². The largest absolute Gasteiger partial charge is 0.504 e. The van der Waals surface area contributed by atoms with Gasteiger partial charge in [-0.05, 0) is 31.2 Å². The highest BCUT2D eigenvalue weighted by molar-refractivity contribution is 6.05. The molecule has 0 aliphatic carbocycles. The van der Waals surface area contributed by atoms with Crippen LogP contribution in [-0.2, 0) is 7.05 Å². The molecule has 2 heterocycles. The number of amides is 1. The van der Waals surface area contributed by atoms with E-state index >= 15 is 0 Å². The topological polar surface area (TPSA) is 113 Å². The van der Waals surface area contributed by atoms with Crippen molar-refractivity contribution in [1.29, 1.82) is 5.41 Å². The van der Waals surface area contributed by atoms with Crippen molar-refractivity contribution in [2.45, 2.75) is 6.92 Å². The number of aromatic nitrogens is 2. The van der Waals surface area contributed by atoms with Crippen LogP contribution in [0.2, 0.25) is 0 Å². The van der Waals surface area contributed by atoms with Crippen LogP contribution in [0.5, 0.6) is 5.75 Å². The molecule has 4 aromatic rings. The number of fused-ring (bicyclic) bond motifs is 1. The second kappa shape index (κ2) is 6.83. The van der Waals surface area contributed by atoms with Crippen molar-refractivity contribution in [1.82, 2.24) is 9.36 Å². The van der Waals surface area contributed by atoms with Crippen LogP contribution in [-0.4, -0.2) is 20.4 Å². The van der Waals surface area contributed by atoms with Crippen molar-refractivity contribution in [2.24, 2.45) is 7.05 Å². The lowest BCUT2D eigenvalue weighted by molar-refractivity contribution is 0.102. The lowest BCUT2D eigenvalue weighted by atomic mass is 10.1. The quantitative estimate of drug-likeness (QED) is 0.499. The molecular formula is C21H18N4O4. The molecule has 0 aliphatic heterocycles. The third kappa shape index (κ3) is 3.00. The number of carbonyl (C=O) groups excluding carboxylic acids is 1. The molecule has 0 spiro atoms. The molecular weight excluding hydrogens is 372 g/mol. The lowest BCUT2D eigenvalue weighted by Crippen LogP contribution is -2.25. The zero-order valence-electron chi connectivity index (χ0n) is 15.8. The third-order valence-corrected chi connectivity index (χ3v) is 4.81. The minimum absolute atomic E-state index is 0.0444. The molecule has 29 heavy (non-hydrogen) atoms. The second-order valence-electron chi connectivity index (χ2n) is 6.58. The Kier molecular flexibility index (Phi) is 4.31. The number of para-hydroxylation sites is 2. The Morgan fingerprint density at radius 1 is 1.14 bits per heavy atom. The van der Waals surface area contributed by atoms with E-state index in [-0.39, 0.29) is 28.1 Å². The van der Waals surface area contributed by atoms with Gasteiger partial charge in [0, 0.05) is 12.4 Å². The number of hydrogen-bond donors (Lipinski definition) is 3. The normalized spacial score (nSPS) is 11.0. The molecule has 2 aromatic heterocycles. The number of aromatic hydroxyl groups is 1. The van der Waals surface area contributed by atoms with E-state index < -0.39 is 11.5 Å². The van der Waals surface area contributed by atoms with Crippen LogP contribution in [0, 0.1) is 12.3 Å². The number of phenols is 1. The van der Waals surface area contributed by atoms with Crippen LogP contribution >= 0.6 is 0 Å². The number of benzene rings is 2. The number of nitrogens with one attached hydrogen (secondary N) is 2. The molecule has 0 aliphatic rings. The van der Waals surface area contributed by atoms with Crippen molar-refractivity contribution in [3.63, 3.8) is 0 Å². The number of phenolic OH excluding ortho intramolecular Hbond substituents is 1. The first-order valence-corrected chi connectivity index (χ1v) is 8.84. The molecule has 0 fully saturated rings. The number of rotatable bonds is 3. The van der Waals surface area contributed by atoms with E-state index in [1.165, 1.54) is 16.8 Å². The van der Waals surface area contributed by atoms with Crippen molar-refractivity contribution < 1.29 is 14.3 Å². The van der Waals surface area contributed by atoms with Gasteiger partial charge in [-0.2, -0.15) is 0 Å². The van der Waals surface area contributed by atoms with E-state index in [2.05, 4.69) is 5.32 Å². The zero-order chi connectivity index (χ0) is 20.7. The van der Waals surface area contributed by atoms with Gasteiger partial charge in [0.2, 0.25) is 5.55 Å². The molecule has 0 unspecified atom stereocenters. The van der Waals surface area contributed by atoms with Gasteiger partial charge in [0.15, 0.2) is 11.3 Å². The Balaban J connectivity index is 1.77. The average molecular weight is 390 g/mol. The van der Waals surface area contributed by atoms with Gasteiger partial charge in [0.25, 0.3) is 11.5 Å². The highest BCUT2D eigenvalue weighted by Crippen LogP contribution is 2.23. The highest BCUT2D eigenvalue weighted by Gasteiger charge is 2.20. The van der Waals surface area contributed by atoms with E-state index in [1.807, 2.05) is 18.2 Å². The standard InChI is InChI=1S/C21H18N4O4/c1-12-17(21(28)25(24(12)2)14-8-4-3-5-9-14)23-20(27)15-11-13-7-6-10-16(26)18(13)29-19(15)22/h3-11,22,26H,1-2H3,(H,23,27). The van der Waals surface area contributed by atoms with E-state index in [4.69, 9.17) is 9.83 Å². The Hall–Kier alpha value is -4.07. The van der Waals surface area contributed by atoms with E-state index in [0.29, 0.717) is 16.8 Å². The summed E-state index contributed by atoms with van der Waals surface area (Å²) in [6.45, 7) is 1.72. The summed E-state index contributed by atoms with van der Waals surface area (Å²) in [6, 6.07) is 15.2. The Bertz CT molecular complexity index is 1360. The number of anilines is 1. The Labute approximate surface area is 164 Å². The minimum atomic E-state index is -0.644. The van der Waals surface area contributed by atoms with E-state index in [0.717, 1.165) is 0 Å². The van der Waals surface area contributed by atoms with Gasteiger partial charge >= 0.3 is 0 Å². The van der Waals surface area contributed by atoms with Crippen LogP contribution in [0.25, 0.3) is 16.7 Å². The Morgan fingerprint density at radius 3 is 2.59 bits per heavy atom.